The minimum Gasteiger partial charge on any atom is -0.509 e. The van der Waals surface area contributed by atoms with Gasteiger partial charge in [0.2, 0.25) is 0 Å². The zero-order valence-electron chi connectivity index (χ0n) is 32.8. The number of rotatable bonds is 9. The Labute approximate surface area is 338 Å². The van der Waals surface area contributed by atoms with Crippen LogP contribution >= 0.6 is 0 Å². The first-order chi connectivity index (χ1) is 26.0. The van der Waals surface area contributed by atoms with Crippen LogP contribution in [0.3, 0.4) is 0 Å². The topological polar surface area (TPSA) is 44.9 Å². The number of para-hydroxylation sites is 1. The summed E-state index contributed by atoms with van der Waals surface area (Å²) in [7, 11) is 0. The molecular weight excluding hydrogens is 767 g/mol. The van der Waals surface area contributed by atoms with E-state index in [1.807, 2.05) is 12.3 Å². The fraction of sp³-hybridized carbons (Fsp3) is 0.224. The van der Waals surface area contributed by atoms with Gasteiger partial charge in [-0.1, -0.05) is 99.4 Å². The number of hydrogen-bond donors (Lipinski definition) is 0. The van der Waals surface area contributed by atoms with Crippen molar-refractivity contribution in [2.45, 2.75) is 67.7 Å². The molecule has 0 aliphatic heterocycles. The first-order valence-electron chi connectivity index (χ1n) is 18.9. The first-order valence-corrected chi connectivity index (χ1v) is 18.9. The minimum absolute atomic E-state index is 0. The van der Waals surface area contributed by atoms with E-state index in [9.17, 15) is 0 Å². The smallest absolute Gasteiger partial charge is 0.509 e. The van der Waals surface area contributed by atoms with Gasteiger partial charge >= 0.3 is 20.4 Å². The van der Waals surface area contributed by atoms with Crippen LogP contribution in [0.2, 0.25) is 0 Å². The van der Waals surface area contributed by atoms with E-state index in [2.05, 4.69) is 174 Å². The van der Waals surface area contributed by atoms with E-state index in [0.717, 1.165) is 67.8 Å². The molecule has 5 nitrogen and oxygen atoms in total. The van der Waals surface area contributed by atoms with E-state index in [0.29, 0.717) is 17.4 Å². The minimum atomic E-state index is 0. The fourth-order valence-electron chi connectivity index (χ4n) is 7.96. The van der Waals surface area contributed by atoms with Crippen LogP contribution in [0.1, 0.15) is 67.1 Å². The summed E-state index contributed by atoms with van der Waals surface area (Å²) in [5.74, 6) is 2.89. The number of aryl methyl sites for hydroxylation is 4. The molecule has 3 aromatic heterocycles. The van der Waals surface area contributed by atoms with E-state index >= 15 is 0 Å². The van der Waals surface area contributed by atoms with Crippen LogP contribution in [-0.2, 0) is 26.8 Å². The average Bonchev–Trinajstić information content (AvgIpc) is 3.65. The third kappa shape index (κ3) is 7.30. The fourth-order valence-corrected chi connectivity index (χ4v) is 7.96. The molecule has 0 atom stereocenters. The van der Waals surface area contributed by atoms with Crippen molar-refractivity contribution >= 4 is 21.8 Å². The van der Waals surface area contributed by atoms with Crippen molar-refractivity contribution in [1.29, 1.82) is 0 Å². The van der Waals surface area contributed by atoms with E-state index in [-0.39, 0.29) is 26.3 Å². The van der Waals surface area contributed by atoms with Crippen LogP contribution < -0.4 is 4.74 Å². The summed E-state index contributed by atoms with van der Waals surface area (Å²) in [4.78, 5) is 4.84. The maximum Gasteiger partial charge on any atom is 2.00 e. The van der Waals surface area contributed by atoms with E-state index in [1.165, 1.54) is 27.8 Å². The van der Waals surface area contributed by atoms with Gasteiger partial charge in [-0.25, -0.2) is 4.98 Å². The normalized spacial score (nSPS) is 11.5. The molecule has 278 valence electrons. The zero-order valence-corrected chi connectivity index (χ0v) is 34.3. The van der Waals surface area contributed by atoms with Crippen molar-refractivity contribution in [3.8, 4) is 45.4 Å². The van der Waals surface area contributed by atoms with E-state index in [1.54, 1.807) is 0 Å². The average molecular weight is 813 g/mol. The Morgan fingerprint density at radius 3 is 2.16 bits per heavy atom. The predicted octanol–water partition coefficient (Wildman–Crippen LogP) is 12.6. The van der Waals surface area contributed by atoms with Crippen LogP contribution in [0.25, 0.3) is 55.7 Å². The Morgan fingerprint density at radius 2 is 1.44 bits per heavy atom. The molecule has 0 fully saturated rings. The number of benzene rings is 5. The van der Waals surface area contributed by atoms with Crippen molar-refractivity contribution in [3.63, 3.8) is 0 Å². The van der Waals surface area contributed by atoms with Gasteiger partial charge in [-0.2, -0.15) is 11.2 Å². The summed E-state index contributed by atoms with van der Waals surface area (Å²) in [5, 5.41) is 7.49. The zero-order chi connectivity index (χ0) is 37.7. The summed E-state index contributed by atoms with van der Waals surface area (Å²) in [6.07, 6.45) is 2.90. The monoisotopic (exact) mass is 812 g/mol. The summed E-state index contributed by atoms with van der Waals surface area (Å²) >= 11 is 0. The molecular formula is C49H46N4OPd. The SMILES string of the molecule is Cc1cc(C)c(-c2c(C)nn(-c3[c-]c(Oc4[c-]c5c(cc4)c4ccccc4n5-c4cc(CC(C)C)ccn4)cc(C(C)C)c3)c2-c2ccccc2)c(C)c1.[Pd+2]. The molecule has 0 aliphatic carbocycles. The summed E-state index contributed by atoms with van der Waals surface area (Å²) in [5.41, 5.74) is 14.4. The second-order valence-electron chi connectivity index (χ2n) is 15.3. The molecule has 0 bridgehead atoms. The predicted molar refractivity (Wildman–Crippen MR) is 222 cm³/mol. The van der Waals surface area contributed by atoms with Crippen LogP contribution in [0, 0.1) is 45.7 Å². The molecule has 0 aliphatic rings. The molecule has 0 saturated heterocycles. The van der Waals surface area contributed by atoms with Crippen molar-refractivity contribution < 1.29 is 25.2 Å². The Hall–Kier alpha value is -5.28. The molecule has 3 heterocycles. The summed E-state index contributed by atoms with van der Waals surface area (Å²) < 4.78 is 11.0. The molecule has 0 amide bonds. The molecule has 8 aromatic rings. The molecule has 0 N–H and O–H groups in total. The van der Waals surface area contributed by atoms with Crippen molar-refractivity contribution in [2.24, 2.45) is 5.92 Å². The molecule has 0 spiro atoms. The van der Waals surface area contributed by atoms with Gasteiger partial charge in [0.05, 0.1) is 11.4 Å². The standard InChI is InChI=1S/C49H46N4O.Pd/c1-30(2)22-36-20-21-50-46(25-36)52-44-17-13-12-16-42(44)43-19-18-40(29-45(43)52)54-41-27-38(31(3)4)26-39(28-41)53-49(37-14-10-9-11-15-37)48(35(8)51-53)47-33(6)23-32(5)24-34(47)7;/h9-21,23-27,30-31H,22H2,1-8H3;/q-2;+2. The number of aromatic nitrogens is 4. The van der Waals surface area contributed by atoms with Crippen LogP contribution in [0.15, 0.2) is 109 Å². The third-order valence-electron chi connectivity index (χ3n) is 10.2. The first kappa shape index (κ1) is 38.0. The summed E-state index contributed by atoms with van der Waals surface area (Å²) in [6.45, 7) is 17.6. The molecule has 6 heteroatoms. The number of pyridine rings is 1. The van der Waals surface area contributed by atoms with Crippen LogP contribution in [0.5, 0.6) is 11.5 Å². The third-order valence-corrected chi connectivity index (χ3v) is 10.2. The van der Waals surface area contributed by atoms with Gasteiger partial charge in [0.25, 0.3) is 0 Å². The molecule has 55 heavy (non-hydrogen) atoms. The quantitative estimate of drug-likeness (QED) is 0.108. The van der Waals surface area contributed by atoms with Crippen molar-refractivity contribution in [1.82, 2.24) is 19.3 Å². The second-order valence-corrected chi connectivity index (χ2v) is 15.3. The molecule has 0 unspecified atom stereocenters. The number of nitrogens with zero attached hydrogens (tertiary/aromatic N) is 4. The van der Waals surface area contributed by atoms with Crippen LogP contribution in [0.4, 0.5) is 0 Å². The van der Waals surface area contributed by atoms with E-state index < -0.39 is 0 Å². The number of ether oxygens (including phenoxy) is 1. The van der Waals surface area contributed by atoms with Gasteiger partial charge < -0.3 is 9.30 Å². The van der Waals surface area contributed by atoms with Gasteiger partial charge in [-0.15, -0.1) is 41.3 Å². The maximum atomic E-state index is 6.74. The number of fused-ring (bicyclic) bond motifs is 3. The maximum absolute atomic E-state index is 6.74. The largest absolute Gasteiger partial charge is 2.00 e. The Balaban J connectivity index is 0.00000465. The van der Waals surface area contributed by atoms with Gasteiger partial charge in [-0.3, -0.25) is 4.68 Å². The van der Waals surface area contributed by atoms with E-state index in [4.69, 9.17) is 14.8 Å². The van der Waals surface area contributed by atoms with Gasteiger partial charge in [0, 0.05) is 34.3 Å². The Kier molecular flexibility index (Phi) is 10.7. The molecule has 0 radical (unpaired) electrons. The molecule has 0 saturated carbocycles. The summed E-state index contributed by atoms with van der Waals surface area (Å²) in [6, 6.07) is 43.6. The molecule has 5 aromatic carbocycles. The van der Waals surface area contributed by atoms with Gasteiger partial charge in [-0.05, 0) is 97.5 Å². The van der Waals surface area contributed by atoms with Gasteiger partial charge in [0.1, 0.15) is 5.82 Å². The Bertz CT molecular complexity index is 2640. The Morgan fingerprint density at radius 1 is 0.709 bits per heavy atom. The van der Waals surface area contributed by atoms with Crippen LogP contribution in [-0.4, -0.2) is 19.3 Å². The second kappa shape index (κ2) is 15.5. The number of hydrogen-bond acceptors (Lipinski definition) is 3. The van der Waals surface area contributed by atoms with Gasteiger partial charge in [0.15, 0.2) is 0 Å². The van der Waals surface area contributed by atoms with Crippen molar-refractivity contribution in [3.05, 3.63) is 155 Å². The molecule has 8 rings (SSSR count). The van der Waals surface area contributed by atoms with Crippen molar-refractivity contribution in [2.75, 3.05) is 0 Å².